The van der Waals surface area contributed by atoms with Crippen LogP contribution in [-0.4, -0.2) is 41.2 Å². The fraction of sp³-hybridized carbons (Fsp3) is 0.261. The lowest BCUT2D eigenvalue weighted by Crippen LogP contribution is -2.36. The first-order valence-corrected chi connectivity index (χ1v) is 11.2. The summed E-state index contributed by atoms with van der Waals surface area (Å²) in [5, 5.41) is 2.57. The summed E-state index contributed by atoms with van der Waals surface area (Å²) in [6.07, 6.45) is 1.55. The SMILES string of the molecule is CCOc1ccc(NC(=O)CN2C(=O)S/C(=C/c3ccc(OC(C)C)c(Cl)c3)C2=O)cc1. The number of amides is 3. The van der Waals surface area contributed by atoms with Gasteiger partial charge in [0.25, 0.3) is 11.1 Å². The quantitative estimate of drug-likeness (QED) is 0.529. The second-order valence-corrected chi connectivity index (χ2v) is 8.53. The minimum absolute atomic E-state index is 0.0244. The van der Waals surface area contributed by atoms with E-state index in [1.165, 1.54) is 0 Å². The molecule has 9 heteroatoms. The summed E-state index contributed by atoms with van der Waals surface area (Å²) in [6.45, 7) is 5.83. The normalized spacial score (nSPS) is 14.9. The molecule has 0 unspecified atom stereocenters. The molecule has 1 aliphatic rings. The number of imide groups is 1. The van der Waals surface area contributed by atoms with E-state index in [2.05, 4.69) is 5.32 Å². The first-order valence-electron chi connectivity index (χ1n) is 10.0. The first-order chi connectivity index (χ1) is 15.3. The van der Waals surface area contributed by atoms with Crippen LogP contribution >= 0.6 is 23.4 Å². The number of halogens is 1. The molecule has 0 radical (unpaired) electrons. The Morgan fingerprint density at radius 1 is 1.19 bits per heavy atom. The summed E-state index contributed by atoms with van der Waals surface area (Å²) in [5.74, 6) is 0.222. The standard InChI is InChI=1S/C23H23ClN2O5S/c1-4-30-17-8-6-16(7-9-17)25-21(27)13-26-22(28)20(32-23(26)29)12-15-5-10-19(18(24)11-15)31-14(2)3/h5-12,14H,4,13H2,1-3H3,(H,25,27)/b20-12+. The van der Waals surface area contributed by atoms with Gasteiger partial charge in [-0.15, -0.1) is 0 Å². The average Bonchev–Trinajstić information content (AvgIpc) is 2.99. The lowest BCUT2D eigenvalue weighted by atomic mass is 10.2. The summed E-state index contributed by atoms with van der Waals surface area (Å²) >= 11 is 7.02. The molecule has 0 atom stereocenters. The molecule has 0 aliphatic carbocycles. The summed E-state index contributed by atoms with van der Waals surface area (Å²) in [4.78, 5) is 38.5. The Bertz CT molecular complexity index is 1050. The number of ether oxygens (including phenoxy) is 2. The van der Waals surface area contributed by atoms with Crippen molar-refractivity contribution in [3.63, 3.8) is 0 Å². The van der Waals surface area contributed by atoms with E-state index in [1.807, 2.05) is 20.8 Å². The maximum atomic E-state index is 12.7. The number of carbonyl (C=O) groups excluding carboxylic acids is 3. The van der Waals surface area contributed by atoms with Gasteiger partial charge in [0, 0.05) is 5.69 Å². The van der Waals surface area contributed by atoms with E-state index in [4.69, 9.17) is 21.1 Å². The molecule has 3 rings (SSSR count). The molecule has 2 aromatic carbocycles. The highest BCUT2D eigenvalue weighted by Crippen LogP contribution is 2.34. The Labute approximate surface area is 195 Å². The molecular weight excluding hydrogens is 452 g/mol. The Morgan fingerprint density at radius 2 is 1.91 bits per heavy atom. The van der Waals surface area contributed by atoms with Crippen LogP contribution < -0.4 is 14.8 Å². The Hall–Kier alpha value is -2.97. The van der Waals surface area contributed by atoms with Crippen molar-refractivity contribution in [3.05, 3.63) is 58.0 Å². The van der Waals surface area contributed by atoms with Crippen LogP contribution in [0, 0.1) is 0 Å². The van der Waals surface area contributed by atoms with Gasteiger partial charge in [0.05, 0.1) is 22.6 Å². The second-order valence-electron chi connectivity index (χ2n) is 7.13. The maximum absolute atomic E-state index is 12.7. The van der Waals surface area contributed by atoms with Crippen LogP contribution in [0.1, 0.15) is 26.3 Å². The zero-order valence-corrected chi connectivity index (χ0v) is 19.5. The third-order valence-electron chi connectivity index (χ3n) is 4.24. The van der Waals surface area contributed by atoms with Crippen molar-refractivity contribution >= 4 is 52.2 Å². The molecule has 1 aliphatic heterocycles. The van der Waals surface area contributed by atoms with E-state index in [9.17, 15) is 14.4 Å². The van der Waals surface area contributed by atoms with Gasteiger partial charge in [-0.05, 0) is 80.6 Å². The summed E-state index contributed by atoms with van der Waals surface area (Å²) in [7, 11) is 0. The van der Waals surface area contributed by atoms with Crippen molar-refractivity contribution in [3.8, 4) is 11.5 Å². The Morgan fingerprint density at radius 3 is 2.53 bits per heavy atom. The van der Waals surface area contributed by atoms with E-state index in [1.54, 1.807) is 48.5 Å². The monoisotopic (exact) mass is 474 g/mol. The number of hydrogen-bond acceptors (Lipinski definition) is 6. The number of rotatable bonds is 8. The number of nitrogens with one attached hydrogen (secondary N) is 1. The van der Waals surface area contributed by atoms with Crippen LogP contribution in [0.25, 0.3) is 6.08 Å². The molecule has 0 bridgehead atoms. The van der Waals surface area contributed by atoms with Crippen LogP contribution in [0.3, 0.4) is 0 Å². The summed E-state index contributed by atoms with van der Waals surface area (Å²) < 4.78 is 11.0. The molecule has 0 aromatic heterocycles. The fourth-order valence-corrected chi connectivity index (χ4v) is 3.96. The van der Waals surface area contributed by atoms with E-state index in [0.717, 1.165) is 16.7 Å². The van der Waals surface area contributed by atoms with Crippen molar-refractivity contribution in [2.75, 3.05) is 18.5 Å². The number of benzene rings is 2. The van der Waals surface area contributed by atoms with Crippen LogP contribution in [0.15, 0.2) is 47.4 Å². The third kappa shape index (κ3) is 6.05. The molecule has 7 nitrogen and oxygen atoms in total. The summed E-state index contributed by atoms with van der Waals surface area (Å²) in [6, 6.07) is 11.9. The minimum atomic E-state index is -0.527. The van der Waals surface area contributed by atoms with Crippen LogP contribution in [-0.2, 0) is 9.59 Å². The summed E-state index contributed by atoms with van der Waals surface area (Å²) in [5.41, 5.74) is 1.19. The number of thioether (sulfide) groups is 1. The smallest absolute Gasteiger partial charge is 0.294 e. The van der Waals surface area contributed by atoms with E-state index in [-0.39, 0.29) is 17.6 Å². The molecular formula is C23H23ClN2O5S. The fourth-order valence-electron chi connectivity index (χ4n) is 2.89. The topological polar surface area (TPSA) is 84.9 Å². The van der Waals surface area contributed by atoms with Crippen LogP contribution in [0.5, 0.6) is 11.5 Å². The van der Waals surface area contributed by atoms with Crippen molar-refractivity contribution in [1.29, 1.82) is 0 Å². The molecule has 168 valence electrons. The zero-order valence-electron chi connectivity index (χ0n) is 17.9. The highest BCUT2D eigenvalue weighted by Gasteiger charge is 2.36. The van der Waals surface area contributed by atoms with E-state index in [0.29, 0.717) is 34.4 Å². The van der Waals surface area contributed by atoms with Gasteiger partial charge in [-0.1, -0.05) is 17.7 Å². The van der Waals surface area contributed by atoms with Crippen molar-refractivity contribution in [1.82, 2.24) is 4.90 Å². The predicted octanol–water partition coefficient (Wildman–Crippen LogP) is 5.20. The van der Waals surface area contributed by atoms with Gasteiger partial charge in [0.15, 0.2) is 0 Å². The van der Waals surface area contributed by atoms with Gasteiger partial charge in [-0.25, -0.2) is 0 Å². The minimum Gasteiger partial charge on any atom is -0.494 e. The molecule has 0 saturated carbocycles. The molecule has 2 aromatic rings. The van der Waals surface area contributed by atoms with Crippen molar-refractivity contribution < 1.29 is 23.9 Å². The van der Waals surface area contributed by atoms with Gasteiger partial charge >= 0.3 is 0 Å². The molecule has 0 spiro atoms. The van der Waals surface area contributed by atoms with Gasteiger partial charge in [0.2, 0.25) is 5.91 Å². The third-order valence-corrected chi connectivity index (χ3v) is 5.44. The Kier molecular flexibility index (Phi) is 7.82. The zero-order chi connectivity index (χ0) is 23.3. The van der Waals surface area contributed by atoms with Crippen molar-refractivity contribution in [2.24, 2.45) is 0 Å². The first kappa shape index (κ1) is 23.7. The number of carbonyl (C=O) groups is 3. The van der Waals surface area contributed by atoms with Gasteiger partial charge in [-0.3, -0.25) is 19.3 Å². The molecule has 1 heterocycles. The molecule has 1 fully saturated rings. The highest BCUT2D eigenvalue weighted by atomic mass is 35.5. The molecule has 1 saturated heterocycles. The average molecular weight is 475 g/mol. The lowest BCUT2D eigenvalue weighted by Gasteiger charge is -2.13. The van der Waals surface area contributed by atoms with Gasteiger partial charge < -0.3 is 14.8 Å². The lowest BCUT2D eigenvalue weighted by molar-refractivity contribution is -0.127. The number of anilines is 1. The molecule has 3 amide bonds. The van der Waals surface area contributed by atoms with E-state index >= 15 is 0 Å². The predicted molar refractivity (Wildman–Crippen MR) is 126 cm³/mol. The van der Waals surface area contributed by atoms with Crippen molar-refractivity contribution in [2.45, 2.75) is 26.9 Å². The highest BCUT2D eigenvalue weighted by molar-refractivity contribution is 8.18. The van der Waals surface area contributed by atoms with Crippen LogP contribution in [0.2, 0.25) is 5.02 Å². The largest absolute Gasteiger partial charge is 0.494 e. The number of hydrogen-bond donors (Lipinski definition) is 1. The Balaban J connectivity index is 1.65. The van der Waals surface area contributed by atoms with Crippen LogP contribution in [0.4, 0.5) is 10.5 Å². The molecule has 32 heavy (non-hydrogen) atoms. The second kappa shape index (κ2) is 10.6. The number of nitrogens with zero attached hydrogens (tertiary/aromatic N) is 1. The van der Waals surface area contributed by atoms with E-state index < -0.39 is 17.1 Å². The van der Waals surface area contributed by atoms with Gasteiger partial charge in [0.1, 0.15) is 18.0 Å². The van der Waals surface area contributed by atoms with Gasteiger partial charge in [-0.2, -0.15) is 0 Å². The maximum Gasteiger partial charge on any atom is 0.294 e. The molecule has 1 N–H and O–H groups in total.